The molecule has 1 aliphatic heterocycles. The van der Waals surface area contributed by atoms with Gasteiger partial charge in [0.2, 0.25) is 0 Å². The van der Waals surface area contributed by atoms with Crippen LogP contribution in [0.4, 0.5) is 10.1 Å². The van der Waals surface area contributed by atoms with E-state index in [9.17, 15) is 5.11 Å². The highest BCUT2D eigenvalue weighted by Crippen LogP contribution is 2.40. The predicted molar refractivity (Wildman–Crippen MR) is 168 cm³/mol. The van der Waals surface area contributed by atoms with Crippen LogP contribution in [0.3, 0.4) is 0 Å². The van der Waals surface area contributed by atoms with E-state index in [-0.39, 0.29) is 11.9 Å². The van der Waals surface area contributed by atoms with Crippen LogP contribution in [-0.2, 0) is 19.4 Å². The fourth-order valence-corrected chi connectivity index (χ4v) is 6.50. The van der Waals surface area contributed by atoms with Crippen LogP contribution in [0.1, 0.15) is 54.9 Å². The second-order valence-electron chi connectivity index (χ2n) is 12.0. The third kappa shape index (κ3) is 7.37. The van der Waals surface area contributed by atoms with E-state index in [1.165, 1.54) is 16.7 Å². The summed E-state index contributed by atoms with van der Waals surface area (Å²) < 4.78 is 27.0. The van der Waals surface area contributed by atoms with Crippen molar-refractivity contribution >= 4 is 5.69 Å². The van der Waals surface area contributed by atoms with Gasteiger partial charge in [-0.2, -0.15) is 0 Å². The Kier molecular flexibility index (Phi) is 9.91. The molecule has 0 aromatic heterocycles. The molecule has 0 saturated carbocycles. The molecule has 0 spiro atoms. The van der Waals surface area contributed by atoms with Gasteiger partial charge in [0.05, 0.1) is 7.11 Å². The molecular formula is C35H46FN3O3. The molecule has 1 aliphatic carbocycles. The largest absolute Gasteiger partial charge is 0.508 e. The van der Waals surface area contributed by atoms with Crippen molar-refractivity contribution in [2.45, 2.75) is 58.1 Å². The van der Waals surface area contributed by atoms with Gasteiger partial charge in [-0.3, -0.25) is 4.90 Å². The summed E-state index contributed by atoms with van der Waals surface area (Å²) in [6.45, 7) is 10.6. The number of hydrogen-bond donors (Lipinski definition) is 1. The van der Waals surface area contributed by atoms with E-state index in [1.807, 2.05) is 25.1 Å². The Morgan fingerprint density at radius 2 is 1.88 bits per heavy atom. The van der Waals surface area contributed by atoms with Crippen LogP contribution in [0.5, 0.6) is 17.2 Å². The maximum absolute atomic E-state index is 15.3. The first-order valence-corrected chi connectivity index (χ1v) is 15.4. The maximum Gasteiger partial charge on any atom is 0.165 e. The Labute approximate surface area is 250 Å². The molecular weight excluding hydrogens is 529 g/mol. The lowest BCUT2D eigenvalue weighted by atomic mass is 9.79. The van der Waals surface area contributed by atoms with Crippen molar-refractivity contribution in [3.05, 3.63) is 82.7 Å². The zero-order valence-electron chi connectivity index (χ0n) is 25.6. The van der Waals surface area contributed by atoms with Crippen molar-refractivity contribution in [1.29, 1.82) is 0 Å². The number of halogens is 1. The smallest absolute Gasteiger partial charge is 0.165 e. The quantitative estimate of drug-likeness (QED) is 0.309. The van der Waals surface area contributed by atoms with Gasteiger partial charge >= 0.3 is 0 Å². The fourth-order valence-electron chi connectivity index (χ4n) is 6.50. The molecule has 2 aliphatic rings. The van der Waals surface area contributed by atoms with E-state index in [0.29, 0.717) is 24.0 Å². The SMILES string of the molecule is CCN(Cc1ccc(OC(C)CN2CCCN(C)CC2)c(F)c1)c1cc(OC)ccc1C1CCc2cc(O)ccc2C1. The van der Waals surface area contributed by atoms with Crippen LogP contribution in [0.25, 0.3) is 0 Å². The van der Waals surface area contributed by atoms with E-state index >= 15 is 4.39 Å². The van der Waals surface area contributed by atoms with Crippen LogP contribution in [0.2, 0.25) is 0 Å². The van der Waals surface area contributed by atoms with Crippen LogP contribution >= 0.6 is 0 Å². The Morgan fingerprint density at radius 3 is 2.67 bits per heavy atom. The van der Waals surface area contributed by atoms with Crippen molar-refractivity contribution in [1.82, 2.24) is 9.80 Å². The number of rotatable bonds is 10. The standard InChI is InChI=1S/C35H46FN3O3/c1-5-39(24-26-7-14-35(33(36)19-26)42-25(2)23-38-16-6-15-37(3)17-18-38)34-22-31(41-4)12-13-32(34)29-9-8-28-21-30(40)11-10-27(28)20-29/h7,10-14,19,21-22,25,29,40H,5-6,8-9,15-18,20,23-24H2,1-4H3. The normalized spacial score (nSPS) is 18.6. The summed E-state index contributed by atoms with van der Waals surface area (Å²) in [6, 6.07) is 17.5. The second-order valence-corrected chi connectivity index (χ2v) is 12.0. The summed E-state index contributed by atoms with van der Waals surface area (Å²) in [6.07, 6.45) is 3.93. The first-order chi connectivity index (χ1) is 20.3. The number of phenolic OH excluding ortho intramolecular Hbond substituents is 1. The molecule has 1 N–H and O–H groups in total. The number of aryl methyl sites for hydroxylation is 1. The molecule has 3 aromatic carbocycles. The van der Waals surface area contributed by atoms with E-state index in [4.69, 9.17) is 9.47 Å². The molecule has 42 heavy (non-hydrogen) atoms. The summed E-state index contributed by atoms with van der Waals surface area (Å²) in [5.41, 5.74) is 5.85. The second kappa shape index (κ2) is 13.8. The lowest BCUT2D eigenvalue weighted by molar-refractivity contribution is 0.143. The average Bonchev–Trinajstić information content (AvgIpc) is 3.20. The minimum absolute atomic E-state index is 0.0928. The minimum atomic E-state index is -0.316. The van der Waals surface area contributed by atoms with Crippen LogP contribution in [0.15, 0.2) is 54.6 Å². The van der Waals surface area contributed by atoms with Gasteiger partial charge < -0.3 is 24.4 Å². The Bertz CT molecular complexity index is 1350. The highest BCUT2D eigenvalue weighted by Gasteiger charge is 2.25. The van der Waals surface area contributed by atoms with Gasteiger partial charge in [-0.15, -0.1) is 0 Å². The molecule has 2 atom stereocenters. The monoisotopic (exact) mass is 575 g/mol. The van der Waals surface area contributed by atoms with Crippen molar-refractivity contribution in [2.24, 2.45) is 0 Å². The van der Waals surface area contributed by atoms with E-state index < -0.39 is 0 Å². The van der Waals surface area contributed by atoms with Gasteiger partial charge in [0.15, 0.2) is 11.6 Å². The number of fused-ring (bicyclic) bond motifs is 1. The number of aromatic hydroxyl groups is 1. The number of hydrogen-bond acceptors (Lipinski definition) is 6. The Hall–Kier alpha value is -3.29. The van der Waals surface area contributed by atoms with Gasteiger partial charge in [-0.25, -0.2) is 4.39 Å². The molecule has 0 amide bonds. The highest BCUT2D eigenvalue weighted by atomic mass is 19.1. The van der Waals surface area contributed by atoms with E-state index in [2.05, 4.69) is 46.9 Å². The predicted octanol–water partition coefficient (Wildman–Crippen LogP) is 6.24. The van der Waals surface area contributed by atoms with Crippen LogP contribution in [-0.4, -0.2) is 74.4 Å². The summed E-state index contributed by atoms with van der Waals surface area (Å²) >= 11 is 0. The summed E-state index contributed by atoms with van der Waals surface area (Å²) in [4.78, 5) is 7.08. The summed E-state index contributed by atoms with van der Waals surface area (Å²) in [7, 11) is 3.86. The molecule has 1 heterocycles. The highest BCUT2D eigenvalue weighted by molar-refractivity contribution is 5.60. The first-order valence-electron chi connectivity index (χ1n) is 15.4. The molecule has 1 saturated heterocycles. The molecule has 5 rings (SSSR count). The number of anilines is 1. The lowest BCUT2D eigenvalue weighted by Gasteiger charge is -2.32. The topological polar surface area (TPSA) is 48.4 Å². The van der Waals surface area contributed by atoms with Gasteiger partial charge in [0.1, 0.15) is 17.6 Å². The average molecular weight is 576 g/mol. The third-order valence-electron chi connectivity index (χ3n) is 8.84. The van der Waals surface area contributed by atoms with E-state index in [0.717, 1.165) is 82.0 Å². The Balaban J connectivity index is 1.29. The number of methoxy groups -OCH3 is 1. The lowest BCUT2D eigenvalue weighted by Crippen LogP contribution is -2.36. The van der Waals surface area contributed by atoms with Gasteiger partial charge in [0.25, 0.3) is 0 Å². The molecule has 2 unspecified atom stereocenters. The van der Waals surface area contributed by atoms with Crippen molar-refractivity contribution in [3.8, 4) is 17.2 Å². The Morgan fingerprint density at radius 1 is 1.02 bits per heavy atom. The summed E-state index contributed by atoms with van der Waals surface area (Å²) in [5, 5.41) is 9.92. The number of benzene rings is 3. The number of likely N-dealkylation sites (N-methyl/N-ethyl adjacent to an activating group) is 1. The zero-order chi connectivity index (χ0) is 29.6. The fraction of sp³-hybridized carbons (Fsp3) is 0.486. The third-order valence-corrected chi connectivity index (χ3v) is 8.84. The van der Waals surface area contributed by atoms with Gasteiger partial charge in [0, 0.05) is 44.5 Å². The van der Waals surface area contributed by atoms with Gasteiger partial charge in [-0.1, -0.05) is 18.2 Å². The number of nitrogens with zero attached hydrogens (tertiary/aromatic N) is 3. The van der Waals surface area contributed by atoms with Crippen molar-refractivity contribution in [3.63, 3.8) is 0 Å². The van der Waals surface area contributed by atoms with E-state index in [1.54, 1.807) is 25.3 Å². The molecule has 226 valence electrons. The molecule has 7 heteroatoms. The number of ether oxygens (including phenoxy) is 2. The number of phenols is 1. The molecule has 0 radical (unpaired) electrons. The first kappa shape index (κ1) is 30.2. The zero-order valence-corrected chi connectivity index (χ0v) is 25.6. The van der Waals surface area contributed by atoms with Crippen molar-refractivity contribution in [2.75, 3.05) is 58.3 Å². The minimum Gasteiger partial charge on any atom is -0.508 e. The van der Waals surface area contributed by atoms with Crippen LogP contribution < -0.4 is 14.4 Å². The van der Waals surface area contributed by atoms with Crippen LogP contribution in [0, 0.1) is 5.82 Å². The summed E-state index contributed by atoms with van der Waals surface area (Å²) in [5.74, 6) is 1.50. The molecule has 3 aromatic rings. The molecule has 0 bridgehead atoms. The molecule has 1 fully saturated rings. The van der Waals surface area contributed by atoms with Gasteiger partial charge in [-0.05, 0) is 118 Å². The maximum atomic E-state index is 15.3. The van der Waals surface area contributed by atoms with Crippen molar-refractivity contribution < 1.29 is 19.0 Å². The molecule has 6 nitrogen and oxygen atoms in total.